The van der Waals surface area contributed by atoms with Gasteiger partial charge in [-0.25, -0.2) is 8.78 Å². The Hall–Kier alpha value is -5.39. The molecular formula is C33H31F2N5O5. The van der Waals surface area contributed by atoms with Crippen LogP contribution in [-0.4, -0.2) is 53.0 Å². The highest BCUT2D eigenvalue weighted by atomic mass is 19.2. The van der Waals surface area contributed by atoms with Gasteiger partial charge in [-0.1, -0.05) is 54.6 Å². The fraction of sp³-hybridized carbons (Fsp3) is 0.242. The van der Waals surface area contributed by atoms with Gasteiger partial charge >= 0.3 is 0 Å². The summed E-state index contributed by atoms with van der Waals surface area (Å²) in [4.78, 5) is 68.6. The molecule has 0 bridgehead atoms. The Kier molecular flexibility index (Phi) is 9.61. The lowest BCUT2D eigenvalue weighted by Crippen LogP contribution is -2.55. The van der Waals surface area contributed by atoms with Crippen molar-refractivity contribution in [3.63, 3.8) is 0 Å². The highest BCUT2D eigenvalue weighted by molar-refractivity contribution is 6.38. The normalized spacial score (nSPS) is 15.6. The van der Waals surface area contributed by atoms with E-state index in [1.54, 1.807) is 54.6 Å². The van der Waals surface area contributed by atoms with Crippen molar-refractivity contribution in [1.29, 1.82) is 0 Å². The van der Waals surface area contributed by atoms with Crippen LogP contribution < -0.4 is 21.3 Å². The molecule has 1 aliphatic heterocycles. The number of ketones is 1. The number of carbonyl (C=O) groups excluding carboxylic acids is 5. The average molecular weight is 616 g/mol. The lowest BCUT2D eigenvalue weighted by molar-refractivity contribution is -0.141. The van der Waals surface area contributed by atoms with Crippen LogP contribution in [0.1, 0.15) is 34.5 Å². The number of rotatable bonds is 12. The Balaban J connectivity index is 1.37. The Morgan fingerprint density at radius 3 is 2.31 bits per heavy atom. The third-order valence-electron chi connectivity index (χ3n) is 7.66. The third-order valence-corrected chi connectivity index (χ3v) is 7.66. The van der Waals surface area contributed by atoms with Gasteiger partial charge in [0.2, 0.25) is 17.6 Å². The molecule has 1 saturated heterocycles. The molecule has 1 aromatic heterocycles. The molecule has 45 heavy (non-hydrogen) atoms. The number of H-pyrrole nitrogens is 1. The van der Waals surface area contributed by atoms with E-state index in [1.165, 1.54) is 6.07 Å². The lowest BCUT2D eigenvalue weighted by atomic mass is 9.94. The summed E-state index contributed by atoms with van der Waals surface area (Å²) in [6.45, 7) is 0.452. The number of hydrogen-bond donors (Lipinski definition) is 5. The molecule has 232 valence electrons. The standard InChI is InChI=1S/C33H31F2N5O5/c34-23-11-10-20(14-24(23)35)15-27(40-32(44)28-16-21-8-4-5-9-25(21)38-28)31(43)39-26(17-22-12-13-36-30(22)42)29(41)33(45)37-18-19-6-2-1-3-7-19/h1-11,14,16,22,26-27,38H,12-13,15,17-18H2,(H,36,42)(H,37,45)(H,39,43)(H,40,44)/t22-,26-,27-/m0/s1. The summed E-state index contributed by atoms with van der Waals surface area (Å²) in [5, 5.41) is 11.1. The van der Waals surface area contributed by atoms with Gasteiger partial charge in [0.05, 0.1) is 6.04 Å². The van der Waals surface area contributed by atoms with Crippen molar-refractivity contribution in [2.75, 3.05) is 6.54 Å². The Morgan fingerprint density at radius 2 is 1.60 bits per heavy atom. The zero-order valence-electron chi connectivity index (χ0n) is 24.1. The van der Waals surface area contributed by atoms with E-state index >= 15 is 0 Å². The van der Waals surface area contributed by atoms with Gasteiger partial charge in [0.1, 0.15) is 11.7 Å². The number of fused-ring (bicyclic) bond motifs is 1. The number of hydrogen-bond acceptors (Lipinski definition) is 5. The predicted octanol–water partition coefficient (Wildman–Crippen LogP) is 2.68. The monoisotopic (exact) mass is 615 g/mol. The van der Waals surface area contributed by atoms with E-state index in [0.717, 1.165) is 23.1 Å². The largest absolute Gasteiger partial charge is 0.356 e. The Morgan fingerprint density at radius 1 is 0.844 bits per heavy atom. The second kappa shape index (κ2) is 13.9. The van der Waals surface area contributed by atoms with Crippen LogP contribution in [-0.2, 0) is 32.1 Å². The first-order valence-electron chi connectivity index (χ1n) is 14.4. The van der Waals surface area contributed by atoms with Gasteiger partial charge in [-0.2, -0.15) is 0 Å². The quantitative estimate of drug-likeness (QED) is 0.156. The van der Waals surface area contributed by atoms with Crippen LogP contribution in [0.15, 0.2) is 78.9 Å². The minimum Gasteiger partial charge on any atom is -0.356 e. The number of aromatic nitrogens is 1. The molecule has 3 atom stereocenters. The Bertz CT molecular complexity index is 1710. The van der Waals surface area contributed by atoms with E-state index in [9.17, 15) is 32.8 Å². The SMILES string of the molecule is O=C(NCc1ccccc1)C(=O)[C@H](C[C@@H]1CCNC1=O)NC(=O)[C@H](Cc1ccc(F)c(F)c1)NC(=O)c1cc2ccccc2[nH]1. The van der Waals surface area contributed by atoms with E-state index in [2.05, 4.69) is 26.3 Å². The van der Waals surface area contributed by atoms with Gasteiger partial charge in [0.25, 0.3) is 11.8 Å². The highest BCUT2D eigenvalue weighted by Gasteiger charge is 2.35. The molecule has 0 spiro atoms. The van der Waals surface area contributed by atoms with Gasteiger partial charge in [0, 0.05) is 36.3 Å². The molecular weight excluding hydrogens is 584 g/mol. The first-order valence-corrected chi connectivity index (χ1v) is 14.4. The van der Waals surface area contributed by atoms with Crippen molar-refractivity contribution in [1.82, 2.24) is 26.3 Å². The highest BCUT2D eigenvalue weighted by Crippen LogP contribution is 2.19. The summed E-state index contributed by atoms with van der Waals surface area (Å²) in [5.74, 6) is -6.59. The van der Waals surface area contributed by atoms with Crippen molar-refractivity contribution in [3.8, 4) is 0 Å². The van der Waals surface area contributed by atoms with E-state index in [-0.39, 0.29) is 36.6 Å². The van der Waals surface area contributed by atoms with Crippen molar-refractivity contribution >= 4 is 40.3 Å². The van der Waals surface area contributed by atoms with Crippen molar-refractivity contribution in [3.05, 3.63) is 107 Å². The van der Waals surface area contributed by atoms with Crippen LogP contribution in [0, 0.1) is 17.6 Å². The first kappa shape index (κ1) is 31.0. The van der Waals surface area contributed by atoms with Gasteiger partial charge in [-0.15, -0.1) is 0 Å². The molecule has 4 aromatic rings. The Labute approximate surface area is 257 Å². The van der Waals surface area contributed by atoms with Crippen molar-refractivity contribution in [2.24, 2.45) is 5.92 Å². The van der Waals surface area contributed by atoms with Gasteiger partial charge in [0.15, 0.2) is 11.6 Å². The molecule has 0 unspecified atom stereocenters. The zero-order valence-corrected chi connectivity index (χ0v) is 24.1. The lowest BCUT2D eigenvalue weighted by Gasteiger charge is -2.24. The smallest absolute Gasteiger partial charge is 0.289 e. The summed E-state index contributed by atoms with van der Waals surface area (Å²) < 4.78 is 27.7. The maximum absolute atomic E-state index is 14.0. The van der Waals surface area contributed by atoms with Gasteiger partial charge < -0.3 is 26.3 Å². The van der Waals surface area contributed by atoms with E-state index < -0.39 is 53.1 Å². The number of aromatic amines is 1. The molecule has 0 saturated carbocycles. The second-order valence-corrected chi connectivity index (χ2v) is 10.9. The molecule has 4 amide bonds. The van der Waals surface area contributed by atoms with Crippen molar-refractivity contribution < 1.29 is 32.8 Å². The molecule has 0 radical (unpaired) electrons. The number of benzene rings is 3. The summed E-state index contributed by atoms with van der Waals surface area (Å²) in [6.07, 6.45) is -0.0113. The zero-order chi connectivity index (χ0) is 31.9. The van der Waals surface area contributed by atoms with Gasteiger partial charge in [-0.3, -0.25) is 24.0 Å². The second-order valence-electron chi connectivity index (χ2n) is 10.9. The third kappa shape index (κ3) is 7.77. The van der Waals surface area contributed by atoms with Crippen LogP contribution in [0.3, 0.4) is 0 Å². The fourth-order valence-electron chi connectivity index (χ4n) is 5.23. The predicted molar refractivity (Wildman–Crippen MR) is 161 cm³/mol. The fourth-order valence-corrected chi connectivity index (χ4v) is 5.23. The molecule has 1 fully saturated rings. The van der Waals surface area contributed by atoms with Crippen LogP contribution in [0.4, 0.5) is 8.78 Å². The van der Waals surface area contributed by atoms with E-state index in [0.29, 0.717) is 18.5 Å². The number of carbonyl (C=O) groups is 5. The number of amides is 4. The molecule has 3 aromatic carbocycles. The molecule has 10 nitrogen and oxygen atoms in total. The van der Waals surface area contributed by atoms with E-state index in [1.807, 2.05) is 6.07 Å². The average Bonchev–Trinajstić information content (AvgIpc) is 3.67. The number of para-hydroxylation sites is 1. The van der Waals surface area contributed by atoms with Crippen LogP contribution in [0.25, 0.3) is 10.9 Å². The molecule has 0 aliphatic carbocycles. The minimum atomic E-state index is -1.40. The molecule has 12 heteroatoms. The minimum absolute atomic E-state index is 0.0648. The molecule has 2 heterocycles. The van der Waals surface area contributed by atoms with Crippen LogP contribution >= 0.6 is 0 Å². The molecule has 5 rings (SSSR count). The molecule has 1 aliphatic rings. The number of halogens is 2. The summed E-state index contributed by atoms with van der Waals surface area (Å²) in [6, 6.07) is 18.0. The van der Waals surface area contributed by atoms with E-state index in [4.69, 9.17) is 0 Å². The summed E-state index contributed by atoms with van der Waals surface area (Å²) >= 11 is 0. The first-order chi connectivity index (χ1) is 21.7. The van der Waals surface area contributed by atoms with Gasteiger partial charge in [-0.05, 0) is 48.2 Å². The summed E-state index contributed by atoms with van der Waals surface area (Å²) in [5.41, 5.74) is 1.78. The topological polar surface area (TPSA) is 149 Å². The molecule has 5 N–H and O–H groups in total. The number of Topliss-reactive ketones (excluding diaryl/α,β-unsaturated/α-hetero) is 1. The maximum atomic E-state index is 14.0. The van der Waals surface area contributed by atoms with Crippen LogP contribution in [0.5, 0.6) is 0 Å². The maximum Gasteiger partial charge on any atom is 0.289 e. The van der Waals surface area contributed by atoms with Crippen LogP contribution in [0.2, 0.25) is 0 Å². The summed E-state index contributed by atoms with van der Waals surface area (Å²) in [7, 11) is 0. The van der Waals surface area contributed by atoms with Crippen molar-refractivity contribution in [2.45, 2.75) is 37.9 Å². The number of nitrogens with one attached hydrogen (secondary N) is 5.